The molecule has 0 saturated heterocycles. The number of nitrogens with zero attached hydrogens (tertiary/aromatic N) is 2. The van der Waals surface area contributed by atoms with E-state index in [-0.39, 0.29) is 35.2 Å². The predicted molar refractivity (Wildman–Crippen MR) is 170 cm³/mol. The molecule has 43 heavy (non-hydrogen) atoms. The van der Waals surface area contributed by atoms with E-state index in [4.69, 9.17) is 32.7 Å². The van der Waals surface area contributed by atoms with Crippen LogP contribution in [0, 0.1) is 6.92 Å². The fourth-order valence-corrected chi connectivity index (χ4v) is 6.43. The van der Waals surface area contributed by atoms with Crippen LogP contribution in [0.5, 0.6) is 11.5 Å². The number of carbonyl (C=O) groups excluding carboxylic acids is 2. The van der Waals surface area contributed by atoms with Crippen LogP contribution < -0.4 is 19.1 Å². The monoisotopic (exact) mass is 649 g/mol. The SMILES string of the molecule is CCCNC(=O)[C@H](CC)N(Cc1c(Cl)cccc1Cl)C(=O)CN(c1ccc(C)cc1)S(=O)(=O)c1ccc(OC)c(OC)c1. The largest absolute Gasteiger partial charge is 0.493 e. The van der Waals surface area contributed by atoms with E-state index in [1.807, 2.05) is 13.8 Å². The maximum Gasteiger partial charge on any atom is 0.264 e. The Balaban J connectivity index is 2.12. The summed E-state index contributed by atoms with van der Waals surface area (Å²) in [5.74, 6) is -0.400. The molecule has 232 valence electrons. The lowest BCUT2D eigenvalue weighted by Crippen LogP contribution is -2.52. The fraction of sp³-hybridized carbons (Fsp3) is 0.355. The van der Waals surface area contributed by atoms with Gasteiger partial charge in [-0.25, -0.2) is 8.42 Å². The zero-order valence-electron chi connectivity index (χ0n) is 24.9. The van der Waals surface area contributed by atoms with Crippen molar-refractivity contribution in [3.05, 3.63) is 81.8 Å². The standard InChI is InChI=1S/C31H37Cl2N3O6S/c1-6-17-34-31(38)27(7-2)35(19-24-25(32)9-8-10-26(24)33)30(37)20-36(22-13-11-21(3)12-14-22)43(39,40)23-15-16-28(41-4)29(18-23)42-5/h8-16,18,27H,6-7,17,19-20H2,1-5H3,(H,34,38)/t27-/m0/s1. The first-order valence-corrected chi connectivity index (χ1v) is 16.0. The fourth-order valence-electron chi connectivity index (χ4n) is 4.48. The van der Waals surface area contributed by atoms with Gasteiger partial charge in [0.2, 0.25) is 11.8 Å². The van der Waals surface area contributed by atoms with Crippen LogP contribution in [-0.2, 0) is 26.2 Å². The molecular formula is C31H37Cl2N3O6S. The van der Waals surface area contributed by atoms with E-state index in [2.05, 4.69) is 5.32 Å². The van der Waals surface area contributed by atoms with Crippen LogP contribution in [-0.4, -0.2) is 58.5 Å². The van der Waals surface area contributed by atoms with Gasteiger partial charge >= 0.3 is 0 Å². The van der Waals surface area contributed by atoms with E-state index < -0.39 is 28.5 Å². The number of carbonyl (C=O) groups is 2. The van der Waals surface area contributed by atoms with Gasteiger partial charge in [0.05, 0.1) is 24.8 Å². The summed E-state index contributed by atoms with van der Waals surface area (Å²) in [6.45, 7) is 5.30. The summed E-state index contributed by atoms with van der Waals surface area (Å²) < 4.78 is 39.9. The Morgan fingerprint density at radius 1 is 0.930 bits per heavy atom. The predicted octanol–water partition coefficient (Wildman–Crippen LogP) is 5.85. The van der Waals surface area contributed by atoms with Crippen molar-refractivity contribution >= 4 is 50.7 Å². The molecule has 3 aromatic rings. The highest BCUT2D eigenvalue weighted by atomic mass is 35.5. The third-order valence-corrected chi connectivity index (χ3v) is 9.35. The second kappa shape index (κ2) is 15.3. The molecule has 3 rings (SSSR count). The number of sulfonamides is 1. The van der Waals surface area contributed by atoms with E-state index in [1.54, 1.807) is 49.4 Å². The van der Waals surface area contributed by atoms with Gasteiger partial charge in [-0.05, 0) is 56.2 Å². The van der Waals surface area contributed by atoms with Crippen LogP contribution in [0.15, 0.2) is 65.6 Å². The van der Waals surface area contributed by atoms with Crippen molar-refractivity contribution in [1.82, 2.24) is 10.2 Å². The highest BCUT2D eigenvalue weighted by molar-refractivity contribution is 7.92. The molecule has 0 bridgehead atoms. The summed E-state index contributed by atoms with van der Waals surface area (Å²) in [4.78, 5) is 28.7. The number of aryl methyl sites for hydroxylation is 1. The lowest BCUT2D eigenvalue weighted by molar-refractivity contribution is -0.140. The van der Waals surface area contributed by atoms with Crippen molar-refractivity contribution in [1.29, 1.82) is 0 Å². The van der Waals surface area contributed by atoms with Crippen LogP contribution in [0.1, 0.15) is 37.8 Å². The molecule has 12 heteroatoms. The molecule has 0 aliphatic rings. The van der Waals surface area contributed by atoms with Gasteiger partial charge in [-0.3, -0.25) is 13.9 Å². The Bertz CT molecular complexity index is 1510. The lowest BCUT2D eigenvalue weighted by atomic mass is 10.1. The number of amides is 2. The zero-order valence-corrected chi connectivity index (χ0v) is 27.2. The molecule has 0 aliphatic heterocycles. The Morgan fingerprint density at radius 2 is 1.56 bits per heavy atom. The Morgan fingerprint density at radius 3 is 2.12 bits per heavy atom. The Hall–Kier alpha value is -3.47. The summed E-state index contributed by atoms with van der Waals surface area (Å²) >= 11 is 12.9. The Kier molecular flexibility index (Phi) is 12.1. The molecule has 0 aliphatic carbocycles. The van der Waals surface area contributed by atoms with E-state index in [0.717, 1.165) is 9.87 Å². The third kappa shape index (κ3) is 8.13. The third-order valence-electron chi connectivity index (χ3n) is 6.87. The minimum atomic E-state index is -4.31. The summed E-state index contributed by atoms with van der Waals surface area (Å²) in [5, 5.41) is 3.49. The molecule has 0 radical (unpaired) electrons. The lowest BCUT2D eigenvalue weighted by Gasteiger charge is -2.33. The molecule has 1 N–H and O–H groups in total. The van der Waals surface area contributed by atoms with Gasteiger partial charge in [-0.15, -0.1) is 0 Å². The number of benzene rings is 3. The molecule has 0 saturated carbocycles. The molecule has 3 aromatic carbocycles. The molecular weight excluding hydrogens is 613 g/mol. The van der Waals surface area contributed by atoms with Crippen molar-refractivity contribution in [3.8, 4) is 11.5 Å². The molecule has 0 fully saturated rings. The number of nitrogens with one attached hydrogen (secondary N) is 1. The number of methoxy groups -OCH3 is 2. The van der Waals surface area contributed by atoms with Crippen LogP contribution >= 0.6 is 23.2 Å². The highest BCUT2D eigenvalue weighted by Gasteiger charge is 2.34. The topological polar surface area (TPSA) is 105 Å². The second-order valence-corrected chi connectivity index (χ2v) is 12.5. The van der Waals surface area contributed by atoms with Gasteiger partial charge in [-0.1, -0.05) is 60.8 Å². The van der Waals surface area contributed by atoms with Crippen LogP contribution in [0.2, 0.25) is 10.0 Å². The molecule has 0 spiro atoms. The number of anilines is 1. The maximum atomic E-state index is 14.2. The second-order valence-electron chi connectivity index (χ2n) is 9.80. The summed E-state index contributed by atoms with van der Waals surface area (Å²) in [6, 6.07) is 15.0. The van der Waals surface area contributed by atoms with Crippen LogP contribution in [0.4, 0.5) is 5.69 Å². The average molecular weight is 651 g/mol. The number of hydrogen-bond donors (Lipinski definition) is 1. The van der Waals surface area contributed by atoms with Crippen molar-refractivity contribution in [2.75, 3.05) is 31.6 Å². The molecule has 0 unspecified atom stereocenters. The first kappa shape index (κ1) is 34.0. The smallest absolute Gasteiger partial charge is 0.264 e. The zero-order chi connectivity index (χ0) is 31.7. The number of hydrogen-bond acceptors (Lipinski definition) is 6. The number of halogens is 2. The number of rotatable bonds is 14. The van der Waals surface area contributed by atoms with Gasteiger partial charge in [0, 0.05) is 34.8 Å². The van der Waals surface area contributed by atoms with Crippen molar-refractivity contribution in [3.63, 3.8) is 0 Å². The Labute approximate surface area is 263 Å². The average Bonchev–Trinajstić information content (AvgIpc) is 2.99. The summed E-state index contributed by atoms with van der Waals surface area (Å²) in [6.07, 6.45) is 0.980. The van der Waals surface area contributed by atoms with Crippen molar-refractivity contribution < 1.29 is 27.5 Å². The van der Waals surface area contributed by atoms with Crippen LogP contribution in [0.3, 0.4) is 0 Å². The molecule has 9 nitrogen and oxygen atoms in total. The van der Waals surface area contributed by atoms with E-state index in [9.17, 15) is 18.0 Å². The van der Waals surface area contributed by atoms with E-state index >= 15 is 0 Å². The van der Waals surface area contributed by atoms with Gasteiger partial charge in [0.15, 0.2) is 11.5 Å². The molecule has 0 aromatic heterocycles. The quantitative estimate of drug-likeness (QED) is 0.235. The minimum absolute atomic E-state index is 0.104. The minimum Gasteiger partial charge on any atom is -0.493 e. The van der Waals surface area contributed by atoms with Crippen LogP contribution in [0.25, 0.3) is 0 Å². The molecule has 0 heterocycles. The summed E-state index contributed by atoms with van der Waals surface area (Å²) in [5.41, 5.74) is 1.63. The number of ether oxygens (including phenoxy) is 2. The van der Waals surface area contributed by atoms with Gasteiger partial charge in [0.25, 0.3) is 10.0 Å². The molecule has 2 amide bonds. The van der Waals surface area contributed by atoms with E-state index in [1.165, 1.54) is 37.3 Å². The summed E-state index contributed by atoms with van der Waals surface area (Å²) in [7, 11) is -1.46. The first-order valence-electron chi connectivity index (χ1n) is 13.8. The van der Waals surface area contributed by atoms with Gasteiger partial charge < -0.3 is 19.7 Å². The van der Waals surface area contributed by atoms with Crippen molar-refractivity contribution in [2.45, 2.75) is 51.1 Å². The van der Waals surface area contributed by atoms with Crippen molar-refractivity contribution in [2.24, 2.45) is 0 Å². The first-order chi connectivity index (χ1) is 20.5. The molecule has 1 atom stereocenters. The normalized spacial score (nSPS) is 11.9. The maximum absolute atomic E-state index is 14.2. The highest BCUT2D eigenvalue weighted by Crippen LogP contribution is 2.33. The van der Waals surface area contributed by atoms with Gasteiger partial charge in [-0.2, -0.15) is 0 Å². The van der Waals surface area contributed by atoms with Gasteiger partial charge in [0.1, 0.15) is 12.6 Å². The van der Waals surface area contributed by atoms with E-state index in [0.29, 0.717) is 34.3 Å².